The highest BCUT2D eigenvalue weighted by molar-refractivity contribution is 6.33. The predicted octanol–water partition coefficient (Wildman–Crippen LogP) is 4.03. The minimum Gasteiger partial charge on any atom is -0.383 e. The zero-order valence-electron chi connectivity index (χ0n) is 10.8. The zero-order chi connectivity index (χ0) is 14.3. The number of nitrogens with one attached hydrogen (secondary N) is 1. The van der Waals surface area contributed by atoms with Gasteiger partial charge in [-0.05, 0) is 25.1 Å². The van der Waals surface area contributed by atoms with E-state index in [-0.39, 0.29) is 0 Å². The van der Waals surface area contributed by atoms with E-state index in [2.05, 4.69) is 5.32 Å². The quantitative estimate of drug-likeness (QED) is 0.817. The predicted molar refractivity (Wildman–Crippen MR) is 72.7 cm³/mol. The lowest BCUT2D eigenvalue weighted by molar-refractivity contribution is -0.145. The van der Waals surface area contributed by atoms with Crippen molar-refractivity contribution in [2.75, 3.05) is 31.5 Å². The molecule has 6 heteroatoms. The topological polar surface area (TPSA) is 15.3 Å². The van der Waals surface area contributed by atoms with E-state index in [9.17, 15) is 13.2 Å². The summed E-state index contributed by atoms with van der Waals surface area (Å²) in [4.78, 5) is 1.39. The van der Waals surface area contributed by atoms with Crippen molar-refractivity contribution in [3.05, 3.63) is 29.3 Å². The van der Waals surface area contributed by atoms with Gasteiger partial charge in [-0.1, -0.05) is 30.7 Å². The second-order valence-corrected chi connectivity index (χ2v) is 4.71. The van der Waals surface area contributed by atoms with Crippen LogP contribution in [0.15, 0.2) is 24.3 Å². The molecule has 1 aromatic rings. The summed E-state index contributed by atoms with van der Waals surface area (Å²) in [5.41, 5.74) is 0.743. The smallest absolute Gasteiger partial charge is 0.383 e. The van der Waals surface area contributed by atoms with Gasteiger partial charge in [0.1, 0.15) is 0 Å². The maximum atomic E-state index is 12.4. The number of hydrogen-bond donors (Lipinski definition) is 1. The van der Waals surface area contributed by atoms with Gasteiger partial charge in [0, 0.05) is 13.1 Å². The molecule has 0 atom stereocenters. The molecule has 1 rings (SSSR count). The third-order valence-electron chi connectivity index (χ3n) is 2.56. The van der Waals surface area contributed by atoms with E-state index in [0.29, 0.717) is 31.1 Å². The van der Waals surface area contributed by atoms with Crippen LogP contribution in [-0.4, -0.2) is 37.3 Å². The van der Waals surface area contributed by atoms with Crippen molar-refractivity contribution in [2.45, 2.75) is 19.5 Å². The first-order valence-electron chi connectivity index (χ1n) is 6.20. The molecule has 0 saturated heterocycles. The summed E-state index contributed by atoms with van der Waals surface area (Å²) in [5.74, 6) is 0. The van der Waals surface area contributed by atoms with E-state index in [1.54, 1.807) is 18.2 Å². The highest BCUT2D eigenvalue weighted by atomic mass is 35.5. The third-order valence-corrected chi connectivity index (χ3v) is 2.89. The van der Waals surface area contributed by atoms with Crippen molar-refractivity contribution >= 4 is 17.3 Å². The van der Waals surface area contributed by atoms with Crippen molar-refractivity contribution in [2.24, 2.45) is 0 Å². The third kappa shape index (κ3) is 6.68. The molecule has 0 amide bonds. The Kier molecular flexibility index (Phi) is 6.45. The molecule has 0 saturated carbocycles. The van der Waals surface area contributed by atoms with E-state index in [0.717, 1.165) is 5.69 Å². The molecular weight excluding hydrogens is 277 g/mol. The average molecular weight is 295 g/mol. The summed E-state index contributed by atoms with van der Waals surface area (Å²) in [5, 5.41) is 3.62. The molecule has 1 N–H and O–H groups in total. The lowest BCUT2D eigenvalue weighted by Crippen LogP contribution is -2.37. The number of hydrogen-bond acceptors (Lipinski definition) is 2. The Labute approximate surface area is 116 Å². The van der Waals surface area contributed by atoms with Crippen LogP contribution >= 0.6 is 11.6 Å². The normalized spacial score (nSPS) is 11.9. The Bertz CT molecular complexity index is 382. The average Bonchev–Trinajstić information content (AvgIpc) is 2.30. The fourth-order valence-electron chi connectivity index (χ4n) is 1.79. The number of nitrogens with zero attached hydrogens (tertiary/aromatic N) is 1. The van der Waals surface area contributed by atoms with Crippen LogP contribution in [0.4, 0.5) is 18.9 Å². The molecule has 0 aliphatic rings. The van der Waals surface area contributed by atoms with Crippen LogP contribution in [0.3, 0.4) is 0 Å². The summed E-state index contributed by atoms with van der Waals surface area (Å²) in [7, 11) is 0. The first-order chi connectivity index (χ1) is 8.92. The molecule has 0 spiro atoms. The van der Waals surface area contributed by atoms with Crippen LogP contribution < -0.4 is 5.32 Å². The largest absolute Gasteiger partial charge is 0.401 e. The molecule has 0 aromatic heterocycles. The van der Waals surface area contributed by atoms with Gasteiger partial charge in [0.2, 0.25) is 0 Å². The van der Waals surface area contributed by atoms with Crippen LogP contribution in [0.5, 0.6) is 0 Å². The van der Waals surface area contributed by atoms with Crippen molar-refractivity contribution in [1.29, 1.82) is 0 Å². The summed E-state index contributed by atoms with van der Waals surface area (Å²) < 4.78 is 37.1. The fourth-order valence-corrected chi connectivity index (χ4v) is 2.00. The number of alkyl halides is 3. The molecule has 0 radical (unpaired) electrons. The SMILES string of the molecule is CCCN(CCNc1ccccc1Cl)CC(F)(F)F. The Morgan fingerprint density at radius 3 is 2.47 bits per heavy atom. The van der Waals surface area contributed by atoms with Gasteiger partial charge >= 0.3 is 6.18 Å². The van der Waals surface area contributed by atoms with E-state index >= 15 is 0 Å². The van der Waals surface area contributed by atoms with Crippen LogP contribution in [0, 0.1) is 0 Å². The van der Waals surface area contributed by atoms with Crippen LogP contribution in [0.25, 0.3) is 0 Å². The van der Waals surface area contributed by atoms with Gasteiger partial charge < -0.3 is 5.32 Å². The Balaban J connectivity index is 2.42. The van der Waals surface area contributed by atoms with E-state index in [4.69, 9.17) is 11.6 Å². The molecule has 1 aromatic carbocycles. The highest BCUT2D eigenvalue weighted by Crippen LogP contribution is 2.20. The molecule has 0 fully saturated rings. The molecule has 0 aliphatic heterocycles. The number of halogens is 4. The Hall–Kier alpha value is -0.940. The number of rotatable bonds is 7. The molecule has 2 nitrogen and oxygen atoms in total. The Morgan fingerprint density at radius 2 is 1.89 bits per heavy atom. The maximum Gasteiger partial charge on any atom is 0.401 e. The van der Waals surface area contributed by atoms with Crippen LogP contribution in [0.1, 0.15) is 13.3 Å². The van der Waals surface area contributed by atoms with E-state index < -0.39 is 12.7 Å². The van der Waals surface area contributed by atoms with Gasteiger partial charge in [0.25, 0.3) is 0 Å². The monoisotopic (exact) mass is 294 g/mol. The molecule has 0 unspecified atom stereocenters. The first-order valence-corrected chi connectivity index (χ1v) is 6.57. The molecule has 0 heterocycles. The first kappa shape index (κ1) is 16.1. The number of para-hydroxylation sites is 1. The molecule has 19 heavy (non-hydrogen) atoms. The molecular formula is C13H18ClF3N2. The summed E-state index contributed by atoms with van der Waals surface area (Å²) in [6.45, 7) is 2.19. The second kappa shape index (κ2) is 7.60. The van der Waals surface area contributed by atoms with Crippen LogP contribution in [-0.2, 0) is 0 Å². The zero-order valence-corrected chi connectivity index (χ0v) is 11.6. The minimum absolute atomic E-state index is 0.332. The van der Waals surface area contributed by atoms with E-state index in [1.807, 2.05) is 13.0 Å². The number of anilines is 1. The summed E-state index contributed by atoms with van der Waals surface area (Å²) >= 11 is 5.95. The van der Waals surface area contributed by atoms with Crippen molar-refractivity contribution in [3.63, 3.8) is 0 Å². The summed E-state index contributed by atoms with van der Waals surface area (Å²) in [6.07, 6.45) is -3.46. The van der Waals surface area contributed by atoms with Gasteiger partial charge in [-0.2, -0.15) is 13.2 Å². The number of benzene rings is 1. The summed E-state index contributed by atoms with van der Waals surface area (Å²) in [6, 6.07) is 7.17. The van der Waals surface area contributed by atoms with Crippen molar-refractivity contribution in [3.8, 4) is 0 Å². The lowest BCUT2D eigenvalue weighted by atomic mass is 10.3. The Morgan fingerprint density at radius 1 is 1.21 bits per heavy atom. The molecule has 0 bridgehead atoms. The van der Waals surface area contributed by atoms with Gasteiger partial charge in [-0.3, -0.25) is 4.90 Å². The molecule has 108 valence electrons. The van der Waals surface area contributed by atoms with Gasteiger partial charge in [-0.25, -0.2) is 0 Å². The highest BCUT2D eigenvalue weighted by Gasteiger charge is 2.30. The fraction of sp³-hybridized carbons (Fsp3) is 0.538. The lowest BCUT2D eigenvalue weighted by Gasteiger charge is -2.23. The van der Waals surface area contributed by atoms with Crippen molar-refractivity contribution < 1.29 is 13.2 Å². The minimum atomic E-state index is -4.15. The standard InChI is InChI=1S/C13H18ClF3N2/c1-2-8-19(10-13(15,16)17)9-7-18-12-6-4-3-5-11(12)14/h3-6,18H,2,7-10H2,1H3. The van der Waals surface area contributed by atoms with Gasteiger partial charge in [0.15, 0.2) is 0 Å². The van der Waals surface area contributed by atoms with Gasteiger partial charge in [0.05, 0.1) is 17.3 Å². The molecule has 0 aliphatic carbocycles. The second-order valence-electron chi connectivity index (χ2n) is 4.30. The van der Waals surface area contributed by atoms with E-state index in [1.165, 1.54) is 4.90 Å². The van der Waals surface area contributed by atoms with Gasteiger partial charge in [-0.15, -0.1) is 0 Å². The van der Waals surface area contributed by atoms with Crippen molar-refractivity contribution in [1.82, 2.24) is 4.90 Å². The maximum absolute atomic E-state index is 12.4. The van der Waals surface area contributed by atoms with Crippen LogP contribution in [0.2, 0.25) is 5.02 Å².